The molecule has 0 fully saturated rings. The summed E-state index contributed by atoms with van der Waals surface area (Å²) in [5.41, 5.74) is 0. The van der Waals surface area contributed by atoms with Gasteiger partial charge in [-0.25, -0.2) is 13.2 Å². The van der Waals surface area contributed by atoms with Crippen molar-refractivity contribution in [2.75, 3.05) is 0 Å². The van der Waals surface area contributed by atoms with Crippen molar-refractivity contribution >= 4 is 23.8 Å². The maximum atomic E-state index is 12.0. The minimum Gasteiger partial charge on any atom is -0.278 e. The van der Waals surface area contributed by atoms with Gasteiger partial charge in [0.1, 0.15) is 0 Å². The van der Waals surface area contributed by atoms with E-state index in [4.69, 9.17) is 0 Å². The van der Waals surface area contributed by atoms with Crippen molar-refractivity contribution in [1.82, 2.24) is 0 Å². The molecule has 0 N–H and O–H groups in total. The normalized spacial score (nSPS) is 10.1. The van der Waals surface area contributed by atoms with Crippen LogP contribution in [0, 0.1) is 35.2 Å². The van der Waals surface area contributed by atoms with Crippen molar-refractivity contribution in [2.45, 2.75) is 0 Å². The van der Waals surface area contributed by atoms with E-state index < -0.39 is 37.0 Å². The Labute approximate surface area is 194 Å². The average Bonchev–Trinajstić information content (AvgIpc) is 2.79. The fourth-order valence-corrected chi connectivity index (χ4v) is 4.98. The molecule has 0 aliphatic heterocycles. The molecule has 4 aromatic rings. The number of hydrogen-bond acceptors (Lipinski definition) is 0. The van der Waals surface area contributed by atoms with E-state index in [1.54, 1.807) is 0 Å². The Morgan fingerprint density at radius 1 is 0.452 bits per heavy atom. The van der Waals surface area contributed by atoms with Crippen molar-refractivity contribution in [3.63, 3.8) is 0 Å². The molecule has 0 unspecified atom stereocenters. The fourth-order valence-electron chi connectivity index (χ4n) is 2.67. The SMILES string of the molecule is Fc1[c-]c(F)c(F)c(F)c1F.[Au+].c1ccc(P(c2ccccc2)c2ccccc2)cc1. The van der Waals surface area contributed by atoms with Crippen LogP contribution in [-0.2, 0) is 22.4 Å². The van der Waals surface area contributed by atoms with Gasteiger partial charge in [-0.3, -0.25) is 8.78 Å². The first-order valence-electron chi connectivity index (χ1n) is 8.85. The van der Waals surface area contributed by atoms with Crippen LogP contribution in [0.1, 0.15) is 0 Å². The van der Waals surface area contributed by atoms with Gasteiger partial charge in [-0.15, -0.1) is 6.07 Å². The Morgan fingerprint density at radius 3 is 1.03 bits per heavy atom. The Hall–Kier alpha value is -2.30. The number of hydrogen-bond donors (Lipinski definition) is 0. The first kappa shape index (κ1) is 25.0. The summed E-state index contributed by atoms with van der Waals surface area (Å²) in [5, 5.41) is 4.19. The Bertz CT molecular complexity index is 973. The molecular formula is C24H15AuF5P. The van der Waals surface area contributed by atoms with Gasteiger partial charge in [-0.2, -0.15) is 0 Å². The molecule has 162 valence electrons. The molecule has 0 aromatic heterocycles. The van der Waals surface area contributed by atoms with Crippen molar-refractivity contribution in [1.29, 1.82) is 0 Å². The number of rotatable bonds is 3. The maximum Gasteiger partial charge on any atom is 1.00 e. The Kier molecular flexibility index (Phi) is 9.60. The zero-order valence-corrected chi connectivity index (χ0v) is 18.9. The Balaban J connectivity index is 0.000000245. The molecule has 0 saturated heterocycles. The van der Waals surface area contributed by atoms with Crippen LogP contribution >= 0.6 is 7.92 Å². The van der Waals surface area contributed by atoms with Gasteiger partial charge in [-0.05, 0) is 23.8 Å². The van der Waals surface area contributed by atoms with E-state index in [1.165, 1.54) is 15.9 Å². The summed E-state index contributed by atoms with van der Waals surface area (Å²) in [5.74, 6) is -10.0. The summed E-state index contributed by atoms with van der Waals surface area (Å²) >= 11 is 0. The summed E-state index contributed by atoms with van der Waals surface area (Å²) in [7, 11) is -0.446. The molecule has 0 heterocycles. The zero-order chi connectivity index (χ0) is 21.5. The van der Waals surface area contributed by atoms with Gasteiger partial charge in [0.2, 0.25) is 0 Å². The second-order valence-corrected chi connectivity index (χ2v) is 8.26. The van der Waals surface area contributed by atoms with E-state index in [2.05, 4.69) is 91.0 Å². The third kappa shape index (κ3) is 6.34. The number of halogens is 5. The van der Waals surface area contributed by atoms with Crippen molar-refractivity contribution in [3.05, 3.63) is 126 Å². The van der Waals surface area contributed by atoms with Crippen LogP contribution in [0.5, 0.6) is 0 Å². The zero-order valence-electron chi connectivity index (χ0n) is 15.8. The molecule has 0 saturated carbocycles. The van der Waals surface area contributed by atoms with Gasteiger partial charge in [0.25, 0.3) is 0 Å². The standard InChI is InChI=1S/C18H15P.C6F5.Au/c1-4-10-16(11-5-1)19(17-12-6-2-7-13-17)18-14-8-3-9-15-18;7-2-1-3(8)5(10)6(11)4(2)9;/h1-15H;;/q;-1;+1. The number of benzene rings is 4. The van der Waals surface area contributed by atoms with Gasteiger partial charge in [0.05, 0.1) is 29.1 Å². The topological polar surface area (TPSA) is 0 Å². The van der Waals surface area contributed by atoms with Gasteiger partial charge >= 0.3 is 22.4 Å². The van der Waals surface area contributed by atoms with E-state index in [0.29, 0.717) is 0 Å². The average molecular weight is 626 g/mol. The van der Waals surface area contributed by atoms with Crippen molar-refractivity contribution in [2.24, 2.45) is 0 Å². The Morgan fingerprint density at radius 2 is 0.742 bits per heavy atom. The summed E-state index contributed by atoms with van der Waals surface area (Å²) < 4.78 is 59.9. The van der Waals surface area contributed by atoms with Crippen LogP contribution in [0.2, 0.25) is 0 Å². The summed E-state index contributed by atoms with van der Waals surface area (Å²) in [6.07, 6.45) is 0. The molecule has 0 aliphatic carbocycles. The minimum absolute atomic E-state index is 0. The molecule has 0 nitrogen and oxygen atoms in total. The monoisotopic (exact) mass is 626 g/mol. The molecule has 4 aromatic carbocycles. The maximum absolute atomic E-state index is 12.0. The van der Waals surface area contributed by atoms with E-state index in [1.807, 2.05) is 0 Å². The second-order valence-electron chi connectivity index (χ2n) is 6.04. The fraction of sp³-hybridized carbons (Fsp3) is 0. The minimum atomic E-state index is -2.17. The second kappa shape index (κ2) is 11.9. The van der Waals surface area contributed by atoms with Crippen LogP contribution in [-0.4, -0.2) is 0 Å². The summed E-state index contributed by atoms with van der Waals surface area (Å²) in [6.45, 7) is 0. The van der Waals surface area contributed by atoms with Gasteiger partial charge in [0, 0.05) is 0 Å². The molecule has 0 amide bonds. The van der Waals surface area contributed by atoms with Crippen LogP contribution in [0.25, 0.3) is 0 Å². The molecule has 31 heavy (non-hydrogen) atoms. The molecular weight excluding hydrogens is 611 g/mol. The summed E-state index contributed by atoms with van der Waals surface area (Å²) in [6, 6.07) is 33.4. The molecule has 7 heteroatoms. The van der Waals surface area contributed by atoms with E-state index in [9.17, 15) is 22.0 Å². The predicted molar refractivity (Wildman–Crippen MR) is 110 cm³/mol. The third-order valence-corrected chi connectivity index (χ3v) is 6.48. The van der Waals surface area contributed by atoms with E-state index in [0.717, 1.165) is 6.07 Å². The molecule has 0 aliphatic rings. The third-order valence-electron chi connectivity index (χ3n) is 4.03. The summed E-state index contributed by atoms with van der Waals surface area (Å²) in [4.78, 5) is 0. The van der Waals surface area contributed by atoms with Crippen LogP contribution < -0.4 is 15.9 Å². The largest absolute Gasteiger partial charge is 1.00 e. The van der Waals surface area contributed by atoms with E-state index in [-0.39, 0.29) is 22.4 Å². The first-order valence-corrected chi connectivity index (χ1v) is 10.2. The molecule has 0 spiro atoms. The van der Waals surface area contributed by atoms with Crippen LogP contribution in [0.4, 0.5) is 22.0 Å². The van der Waals surface area contributed by atoms with Gasteiger partial charge in [-0.1, -0.05) is 91.0 Å². The predicted octanol–water partition coefficient (Wildman–Crippen LogP) is 5.62. The van der Waals surface area contributed by atoms with Gasteiger partial charge < -0.3 is 0 Å². The van der Waals surface area contributed by atoms with Gasteiger partial charge in [0.15, 0.2) is 0 Å². The molecule has 0 bridgehead atoms. The van der Waals surface area contributed by atoms with Crippen LogP contribution in [0.15, 0.2) is 91.0 Å². The van der Waals surface area contributed by atoms with Crippen molar-refractivity contribution in [3.8, 4) is 0 Å². The molecule has 0 atom stereocenters. The van der Waals surface area contributed by atoms with Crippen LogP contribution in [0.3, 0.4) is 0 Å². The quantitative estimate of drug-likeness (QED) is 0.0692. The first-order chi connectivity index (χ1) is 14.5. The van der Waals surface area contributed by atoms with E-state index >= 15 is 0 Å². The molecule has 0 radical (unpaired) electrons. The molecule has 4 rings (SSSR count). The smallest absolute Gasteiger partial charge is 0.278 e. The van der Waals surface area contributed by atoms with Crippen molar-refractivity contribution < 1.29 is 44.3 Å².